The Morgan fingerprint density at radius 2 is 0.643 bits per heavy atom. The minimum atomic E-state index is -6.10. The molecule has 0 amide bonds. The van der Waals surface area contributed by atoms with Gasteiger partial charge in [-0.3, -0.25) is 0 Å². The van der Waals surface area contributed by atoms with Crippen molar-refractivity contribution in [2.45, 2.75) is 127 Å². The molecule has 0 N–H and O–H groups in total. The Morgan fingerprint density at radius 1 is 0.393 bits per heavy atom. The fraction of sp³-hybridized carbons (Fsp3) is 1.00. The van der Waals surface area contributed by atoms with Crippen LogP contribution >= 0.6 is 0 Å². The summed E-state index contributed by atoms with van der Waals surface area (Å²) in [5.74, 6) is -22.6. The van der Waals surface area contributed by atoms with Crippen LogP contribution in [0.3, 0.4) is 0 Å². The predicted molar refractivity (Wildman–Crippen MR) is 95.8 cm³/mol. The van der Waals surface area contributed by atoms with Crippen molar-refractivity contribution in [1.29, 1.82) is 0 Å². The van der Waals surface area contributed by atoms with Crippen LogP contribution in [-0.2, 0) is 0 Å². The predicted octanol–water partition coefficient (Wildman–Crippen LogP) is 9.03. The van der Waals surface area contributed by atoms with Crippen LogP contribution in [-0.4, -0.2) is 23.7 Å². The van der Waals surface area contributed by atoms with Crippen LogP contribution in [0.15, 0.2) is 0 Å². The smallest absolute Gasteiger partial charge is 0.200 e. The van der Waals surface area contributed by atoms with Gasteiger partial charge in [0, 0.05) is 12.8 Å². The first-order valence-electron chi connectivity index (χ1n) is 10.4. The van der Waals surface area contributed by atoms with E-state index in [2.05, 4.69) is 0 Å². The molecule has 8 heteroatoms. The molecule has 28 heavy (non-hydrogen) atoms. The van der Waals surface area contributed by atoms with Gasteiger partial charge < -0.3 is 0 Å². The molecule has 170 valence electrons. The molecule has 0 aromatic rings. The van der Waals surface area contributed by atoms with Crippen molar-refractivity contribution in [2.75, 3.05) is 0 Å². The zero-order valence-electron chi connectivity index (χ0n) is 16.9. The average molecular weight is 426 g/mol. The first kappa shape index (κ1) is 27.4. The average Bonchev–Trinajstić information content (AvgIpc) is 2.60. The summed E-state index contributed by atoms with van der Waals surface area (Å²) in [5, 5.41) is 0. The minimum Gasteiger partial charge on any atom is -0.200 e. The standard InChI is InChI=1S/C20H34F8/c1-3-5-7-9-11-13-15-17(21,22)19(25,26)20(27,28)18(23,24)16-14-12-10-8-6-4-2/h3-16H2,1-2H3. The SMILES string of the molecule is CCCCCCCCC(F)(F)C(F)(F)C(F)(F)C(F)(F)CCCCCCCC. The highest BCUT2D eigenvalue weighted by Gasteiger charge is 2.79. The minimum absolute atomic E-state index is 0.172. The van der Waals surface area contributed by atoms with Gasteiger partial charge in [-0.2, -0.15) is 35.1 Å². The van der Waals surface area contributed by atoms with E-state index in [1.807, 2.05) is 13.8 Å². The molecule has 0 rings (SSSR count). The molecule has 0 atom stereocenters. The topological polar surface area (TPSA) is 0 Å². The van der Waals surface area contributed by atoms with Crippen molar-refractivity contribution in [3.63, 3.8) is 0 Å². The van der Waals surface area contributed by atoms with E-state index in [1.165, 1.54) is 0 Å². The number of halogens is 8. The summed E-state index contributed by atoms with van der Waals surface area (Å²) < 4.78 is 110. The molecule has 0 saturated heterocycles. The number of unbranched alkanes of at least 4 members (excludes halogenated alkanes) is 10. The molecule has 0 nitrogen and oxygen atoms in total. The Hall–Kier alpha value is -0.560. The van der Waals surface area contributed by atoms with Crippen LogP contribution < -0.4 is 0 Å². The second-order valence-electron chi connectivity index (χ2n) is 7.59. The summed E-state index contributed by atoms with van der Waals surface area (Å²) in [5.41, 5.74) is 0. The van der Waals surface area contributed by atoms with Gasteiger partial charge >= 0.3 is 23.7 Å². The van der Waals surface area contributed by atoms with E-state index in [0.717, 1.165) is 38.5 Å². The molecule has 0 unspecified atom stereocenters. The second-order valence-corrected chi connectivity index (χ2v) is 7.59. The van der Waals surface area contributed by atoms with Crippen molar-refractivity contribution in [3.05, 3.63) is 0 Å². The number of hydrogen-bond acceptors (Lipinski definition) is 0. The first-order valence-corrected chi connectivity index (χ1v) is 10.4. The van der Waals surface area contributed by atoms with E-state index in [9.17, 15) is 35.1 Å². The van der Waals surface area contributed by atoms with E-state index in [4.69, 9.17) is 0 Å². The zero-order chi connectivity index (χ0) is 21.9. The molecule has 0 bridgehead atoms. The van der Waals surface area contributed by atoms with Gasteiger partial charge in [0.25, 0.3) is 0 Å². The summed E-state index contributed by atoms with van der Waals surface area (Å²) >= 11 is 0. The third-order valence-corrected chi connectivity index (χ3v) is 5.00. The molecule has 0 aromatic carbocycles. The molecule has 0 aliphatic heterocycles. The highest BCUT2D eigenvalue weighted by molar-refractivity contribution is 5.03. The quantitative estimate of drug-likeness (QED) is 0.161. The first-order chi connectivity index (χ1) is 12.9. The normalized spacial score (nSPS) is 13.9. The molecule has 0 spiro atoms. The zero-order valence-corrected chi connectivity index (χ0v) is 16.9. The summed E-state index contributed by atoms with van der Waals surface area (Å²) in [6.07, 6.45) is 2.44. The Bertz CT molecular complexity index is 369. The van der Waals surface area contributed by atoms with Gasteiger partial charge in [0.05, 0.1) is 0 Å². The molecular formula is C20H34F8. The van der Waals surface area contributed by atoms with E-state index in [0.29, 0.717) is 12.8 Å². The lowest BCUT2D eigenvalue weighted by Crippen LogP contribution is -2.62. The molecule has 0 radical (unpaired) electrons. The van der Waals surface area contributed by atoms with Gasteiger partial charge in [0.15, 0.2) is 0 Å². The van der Waals surface area contributed by atoms with E-state index in [1.54, 1.807) is 0 Å². The number of rotatable bonds is 17. The second kappa shape index (κ2) is 12.2. The van der Waals surface area contributed by atoms with Crippen molar-refractivity contribution in [1.82, 2.24) is 0 Å². The van der Waals surface area contributed by atoms with Crippen molar-refractivity contribution < 1.29 is 35.1 Å². The summed E-state index contributed by atoms with van der Waals surface area (Å²) in [7, 11) is 0. The Kier molecular flexibility index (Phi) is 12.0. The Balaban J connectivity index is 4.77. The monoisotopic (exact) mass is 426 g/mol. The summed E-state index contributed by atoms with van der Waals surface area (Å²) in [6.45, 7) is 3.87. The highest BCUT2D eigenvalue weighted by atomic mass is 19.4. The molecule has 0 fully saturated rings. The molecule has 0 aromatic heterocycles. The van der Waals surface area contributed by atoms with E-state index < -0.39 is 49.4 Å². The van der Waals surface area contributed by atoms with Crippen LogP contribution in [0.25, 0.3) is 0 Å². The van der Waals surface area contributed by atoms with Gasteiger partial charge in [-0.1, -0.05) is 78.1 Å². The van der Waals surface area contributed by atoms with E-state index in [-0.39, 0.29) is 12.8 Å². The van der Waals surface area contributed by atoms with E-state index >= 15 is 0 Å². The van der Waals surface area contributed by atoms with Crippen LogP contribution in [0.2, 0.25) is 0 Å². The number of alkyl halides is 8. The Labute approximate surface area is 163 Å². The molecule has 0 heterocycles. The fourth-order valence-electron chi connectivity index (χ4n) is 3.03. The molecule has 0 aliphatic rings. The Morgan fingerprint density at radius 3 is 0.929 bits per heavy atom. The van der Waals surface area contributed by atoms with Crippen molar-refractivity contribution >= 4 is 0 Å². The third-order valence-electron chi connectivity index (χ3n) is 5.00. The van der Waals surface area contributed by atoms with Crippen molar-refractivity contribution in [2.24, 2.45) is 0 Å². The maximum Gasteiger partial charge on any atom is 0.378 e. The van der Waals surface area contributed by atoms with Gasteiger partial charge in [0.1, 0.15) is 0 Å². The molecular weight excluding hydrogens is 392 g/mol. The van der Waals surface area contributed by atoms with Gasteiger partial charge in [-0.25, -0.2) is 0 Å². The molecule has 0 aliphatic carbocycles. The lowest BCUT2D eigenvalue weighted by molar-refractivity contribution is -0.368. The molecule has 0 saturated carbocycles. The van der Waals surface area contributed by atoms with Gasteiger partial charge in [0.2, 0.25) is 0 Å². The number of hydrogen-bond donors (Lipinski definition) is 0. The van der Waals surface area contributed by atoms with Crippen molar-refractivity contribution in [3.8, 4) is 0 Å². The lowest BCUT2D eigenvalue weighted by atomic mass is 9.92. The van der Waals surface area contributed by atoms with Crippen LogP contribution in [0.4, 0.5) is 35.1 Å². The van der Waals surface area contributed by atoms with Crippen LogP contribution in [0.5, 0.6) is 0 Å². The maximum atomic E-state index is 13.8. The largest absolute Gasteiger partial charge is 0.378 e. The summed E-state index contributed by atoms with van der Waals surface area (Å²) in [4.78, 5) is 0. The van der Waals surface area contributed by atoms with Gasteiger partial charge in [-0.05, 0) is 12.8 Å². The van der Waals surface area contributed by atoms with Crippen LogP contribution in [0.1, 0.15) is 104 Å². The summed E-state index contributed by atoms with van der Waals surface area (Å²) in [6, 6.07) is 0. The maximum absolute atomic E-state index is 13.8. The highest BCUT2D eigenvalue weighted by Crippen LogP contribution is 2.55. The third kappa shape index (κ3) is 7.69. The van der Waals surface area contributed by atoms with Gasteiger partial charge in [-0.15, -0.1) is 0 Å². The van der Waals surface area contributed by atoms with Crippen LogP contribution in [0, 0.1) is 0 Å². The fourth-order valence-corrected chi connectivity index (χ4v) is 3.03. The lowest BCUT2D eigenvalue weighted by Gasteiger charge is -2.37.